The number of terminal acetylenes is 1. The van der Waals surface area contributed by atoms with Gasteiger partial charge in [-0.25, -0.2) is 4.79 Å². The highest BCUT2D eigenvalue weighted by molar-refractivity contribution is 8.00. The van der Waals surface area contributed by atoms with E-state index in [0.717, 1.165) is 0 Å². The van der Waals surface area contributed by atoms with Gasteiger partial charge in [-0.15, -0.1) is 18.2 Å². The zero-order valence-electron chi connectivity index (χ0n) is 13.9. The van der Waals surface area contributed by atoms with Gasteiger partial charge in [-0.1, -0.05) is 18.1 Å². The summed E-state index contributed by atoms with van der Waals surface area (Å²) in [4.78, 5) is 35.8. The maximum absolute atomic E-state index is 12.1. The summed E-state index contributed by atoms with van der Waals surface area (Å²) < 4.78 is 9.81. The minimum absolute atomic E-state index is 0.0704. The number of nitrogens with one attached hydrogen (secondary N) is 2. The molecular formula is C17H20N2O5S. The average molecular weight is 364 g/mol. The summed E-state index contributed by atoms with van der Waals surface area (Å²) in [5.41, 5.74) is 0.293. The number of carbonyl (C=O) groups is 3. The summed E-state index contributed by atoms with van der Waals surface area (Å²) in [7, 11) is 1.55. The molecule has 134 valence electrons. The molecule has 0 bridgehead atoms. The number of carbonyl (C=O) groups excluding carboxylic acids is 3. The maximum atomic E-state index is 12.1. The van der Waals surface area contributed by atoms with Gasteiger partial charge in [0, 0.05) is 18.6 Å². The Labute approximate surface area is 150 Å². The molecule has 2 amide bonds. The van der Waals surface area contributed by atoms with Gasteiger partial charge in [0.05, 0.1) is 24.5 Å². The lowest BCUT2D eigenvalue weighted by molar-refractivity contribution is -0.124. The van der Waals surface area contributed by atoms with Crippen molar-refractivity contribution in [1.29, 1.82) is 0 Å². The molecule has 0 radical (unpaired) electrons. The molecule has 0 saturated heterocycles. The summed E-state index contributed by atoms with van der Waals surface area (Å²) in [5.74, 6) is 1.11. The van der Waals surface area contributed by atoms with Crippen LogP contribution >= 0.6 is 11.8 Å². The van der Waals surface area contributed by atoms with Crippen molar-refractivity contribution in [2.24, 2.45) is 0 Å². The fourth-order valence-corrected chi connectivity index (χ4v) is 2.53. The second kappa shape index (κ2) is 11.9. The fraction of sp³-hybridized carbons (Fsp3) is 0.353. The Hall–Kier alpha value is -2.50. The molecule has 7 nitrogen and oxygen atoms in total. The second-order valence-corrected chi connectivity index (χ2v) is 5.70. The van der Waals surface area contributed by atoms with E-state index in [1.807, 2.05) is 0 Å². The Morgan fingerprint density at radius 2 is 1.96 bits per heavy atom. The number of benzene rings is 1. The number of amides is 2. The monoisotopic (exact) mass is 364 g/mol. The van der Waals surface area contributed by atoms with E-state index >= 15 is 0 Å². The standard InChI is InChI=1S/C17H20N2O5S/c1-3-8-18-15(20)11-24-17(22)13-6-4-5-7-14(13)25-12-16(21)19-9-10-23-2/h1,4-7H,8-12H2,2H3,(H,18,20)(H,19,21). The van der Waals surface area contributed by atoms with Crippen molar-refractivity contribution in [2.45, 2.75) is 4.90 Å². The van der Waals surface area contributed by atoms with Gasteiger partial charge >= 0.3 is 5.97 Å². The molecule has 1 aromatic carbocycles. The third-order valence-electron chi connectivity index (χ3n) is 2.82. The van der Waals surface area contributed by atoms with Crippen molar-refractivity contribution in [3.8, 4) is 12.3 Å². The number of rotatable bonds is 10. The van der Waals surface area contributed by atoms with E-state index in [-0.39, 0.29) is 18.2 Å². The average Bonchev–Trinajstić information content (AvgIpc) is 2.63. The smallest absolute Gasteiger partial charge is 0.339 e. The SMILES string of the molecule is C#CCNC(=O)COC(=O)c1ccccc1SCC(=O)NCCOC. The first-order chi connectivity index (χ1) is 12.1. The van der Waals surface area contributed by atoms with Crippen LogP contribution in [0.15, 0.2) is 29.2 Å². The second-order valence-electron chi connectivity index (χ2n) is 4.68. The molecule has 8 heteroatoms. The first-order valence-corrected chi connectivity index (χ1v) is 8.41. The molecule has 0 aliphatic rings. The van der Waals surface area contributed by atoms with Gasteiger partial charge in [-0.3, -0.25) is 9.59 Å². The Morgan fingerprint density at radius 1 is 1.20 bits per heavy atom. The van der Waals surface area contributed by atoms with E-state index in [1.165, 1.54) is 11.8 Å². The van der Waals surface area contributed by atoms with Crippen LogP contribution < -0.4 is 10.6 Å². The summed E-state index contributed by atoms with van der Waals surface area (Å²) in [6.45, 7) is 0.505. The zero-order chi connectivity index (χ0) is 18.5. The Bertz CT molecular complexity index is 642. The lowest BCUT2D eigenvalue weighted by atomic mass is 10.2. The quantitative estimate of drug-likeness (QED) is 0.271. The number of esters is 1. The largest absolute Gasteiger partial charge is 0.452 e. The number of hydrogen-bond acceptors (Lipinski definition) is 6. The Balaban J connectivity index is 2.55. The lowest BCUT2D eigenvalue weighted by Gasteiger charge is -2.09. The minimum atomic E-state index is -0.640. The van der Waals surface area contributed by atoms with Crippen LogP contribution in [-0.2, 0) is 19.1 Å². The molecule has 0 fully saturated rings. The highest BCUT2D eigenvalue weighted by Gasteiger charge is 2.15. The van der Waals surface area contributed by atoms with E-state index < -0.39 is 18.5 Å². The van der Waals surface area contributed by atoms with Crippen molar-refractivity contribution in [1.82, 2.24) is 10.6 Å². The fourth-order valence-electron chi connectivity index (χ4n) is 1.66. The van der Waals surface area contributed by atoms with E-state index in [2.05, 4.69) is 16.6 Å². The third-order valence-corrected chi connectivity index (χ3v) is 3.89. The number of thioether (sulfide) groups is 1. The van der Waals surface area contributed by atoms with Gasteiger partial charge in [0.15, 0.2) is 6.61 Å². The van der Waals surface area contributed by atoms with Gasteiger partial charge in [-0.05, 0) is 12.1 Å². The van der Waals surface area contributed by atoms with Crippen molar-refractivity contribution < 1.29 is 23.9 Å². The summed E-state index contributed by atoms with van der Waals surface area (Å²) in [6, 6.07) is 6.72. The highest BCUT2D eigenvalue weighted by Crippen LogP contribution is 2.23. The molecule has 1 aromatic rings. The molecule has 0 aromatic heterocycles. The summed E-state index contributed by atoms with van der Waals surface area (Å²) in [6.07, 6.45) is 5.02. The van der Waals surface area contributed by atoms with Gasteiger partial charge in [0.1, 0.15) is 0 Å². The maximum Gasteiger partial charge on any atom is 0.339 e. The van der Waals surface area contributed by atoms with E-state index in [4.69, 9.17) is 15.9 Å². The molecule has 2 N–H and O–H groups in total. The molecule has 1 rings (SSSR count). The van der Waals surface area contributed by atoms with Crippen molar-refractivity contribution in [2.75, 3.05) is 39.2 Å². The van der Waals surface area contributed by atoms with Crippen LogP contribution in [0.2, 0.25) is 0 Å². The highest BCUT2D eigenvalue weighted by atomic mass is 32.2. The first-order valence-electron chi connectivity index (χ1n) is 7.43. The van der Waals surface area contributed by atoms with Crippen LogP contribution in [0, 0.1) is 12.3 Å². The number of ether oxygens (including phenoxy) is 2. The molecule has 25 heavy (non-hydrogen) atoms. The van der Waals surface area contributed by atoms with Crippen molar-refractivity contribution in [3.63, 3.8) is 0 Å². The lowest BCUT2D eigenvalue weighted by Crippen LogP contribution is -2.29. The molecule has 0 aliphatic heterocycles. The molecule has 0 spiro atoms. The Kier molecular flexibility index (Phi) is 9.82. The number of hydrogen-bond donors (Lipinski definition) is 2. The molecule has 0 atom stereocenters. The van der Waals surface area contributed by atoms with E-state index in [0.29, 0.717) is 23.6 Å². The van der Waals surface area contributed by atoms with Gasteiger partial charge < -0.3 is 20.1 Å². The molecule has 0 heterocycles. The predicted octanol–water partition coefficient (Wildman–Crippen LogP) is 0.447. The minimum Gasteiger partial charge on any atom is -0.452 e. The summed E-state index contributed by atoms with van der Waals surface area (Å²) >= 11 is 1.21. The molecule has 0 unspecified atom stereocenters. The van der Waals surface area contributed by atoms with E-state index in [9.17, 15) is 14.4 Å². The van der Waals surface area contributed by atoms with Crippen LogP contribution in [0.1, 0.15) is 10.4 Å². The van der Waals surface area contributed by atoms with Crippen LogP contribution in [0.3, 0.4) is 0 Å². The van der Waals surface area contributed by atoms with Crippen LogP contribution in [0.5, 0.6) is 0 Å². The van der Waals surface area contributed by atoms with Crippen LogP contribution in [-0.4, -0.2) is 56.9 Å². The third kappa shape index (κ3) is 8.24. The first kappa shape index (κ1) is 20.5. The van der Waals surface area contributed by atoms with Crippen molar-refractivity contribution in [3.05, 3.63) is 29.8 Å². The van der Waals surface area contributed by atoms with Gasteiger partial charge in [0.25, 0.3) is 5.91 Å². The molecular weight excluding hydrogens is 344 g/mol. The van der Waals surface area contributed by atoms with Crippen molar-refractivity contribution >= 4 is 29.5 Å². The van der Waals surface area contributed by atoms with Gasteiger partial charge in [0.2, 0.25) is 5.91 Å². The number of methoxy groups -OCH3 is 1. The normalized spacial score (nSPS) is 9.76. The summed E-state index contributed by atoms with van der Waals surface area (Å²) in [5, 5.41) is 5.09. The molecule has 0 aliphatic carbocycles. The Morgan fingerprint density at radius 3 is 2.68 bits per heavy atom. The van der Waals surface area contributed by atoms with E-state index in [1.54, 1.807) is 31.4 Å². The predicted molar refractivity (Wildman–Crippen MR) is 94.2 cm³/mol. The topological polar surface area (TPSA) is 93.7 Å². The van der Waals surface area contributed by atoms with Crippen LogP contribution in [0.4, 0.5) is 0 Å². The molecule has 0 saturated carbocycles. The van der Waals surface area contributed by atoms with Crippen LogP contribution in [0.25, 0.3) is 0 Å². The van der Waals surface area contributed by atoms with Gasteiger partial charge in [-0.2, -0.15) is 0 Å². The zero-order valence-corrected chi connectivity index (χ0v) is 14.7.